The van der Waals surface area contributed by atoms with Crippen LogP contribution in [-0.4, -0.2) is 47.0 Å². The molecule has 1 heterocycles. The number of amides is 1. The van der Waals surface area contributed by atoms with E-state index in [1.165, 1.54) is 21.2 Å². The largest absolute Gasteiger partial charge is 0.339 e. The maximum absolute atomic E-state index is 12.5. The van der Waals surface area contributed by atoms with Crippen LogP contribution in [0.1, 0.15) is 5.56 Å². The number of nitrogens with zero attached hydrogens (tertiary/aromatic N) is 2. The maximum atomic E-state index is 12.5. The van der Waals surface area contributed by atoms with Crippen molar-refractivity contribution in [3.8, 4) is 0 Å². The molecule has 0 spiro atoms. The van der Waals surface area contributed by atoms with Gasteiger partial charge in [-0.3, -0.25) is 4.79 Å². The van der Waals surface area contributed by atoms with Crippen molar-refractivity contribution in [3.63, 3.8) is 0 Å². The molecule has 3 nitrogen and oxygen atoms in total. The van der Waals surface area contributed by atoms with Gasteiger partial charge in [0.15, 0.2) is 0 Å². The summed E-state index contributed by atoms with van der Waals surface area (Å²) in [6, 6.07) is 23.4. The lowest BCUT2D eigenvalue weighted by atomic mass is 10.1. The highest BCUT2D eigenvalue weighted by Gasteiger charge is 2.21. The van der Waals surface area contributed by atoms with Crippen molar-refractivity contribution in [1.29, 1.82) is 0 Å². The summed E-state index contributed by atoms with van der Waals surface area (Å²) in [5.74, 6) is 0.752. The van der Waals surface area contributed by atoms with E-state index in [2.05, 4.69) is 78.0 Å². The smallest absolute Gasteiger partial charge is 0.233 e. The van der Waals surface area contributed by atoms with Crippen LogP contribution in [0, 0.1) is 6.92 Å². The molecular weight excluding hydrogens is 384 g/mol. The molecule has 144 valence electrons. The molecule has 4 rings (SSSR count). The SMILES string of the molecule is Cc1ccc(SCC(=O)N2CCN(Sc3ccc4ccccc4c3)CC2)cc1. The van der Waals surface area contributed by atoms with Gasteiger partial charge in [-0.25, -0.2) is 4.31 Å². The van der Waals surface area contributed by atoms with E-state index in [4.69, 9.17) is 0 Å². The molecule has 1 saturated heterocycles. The summed E-state index contributed by atoms with van der Waals surface area (Å²) < 4.78 is 2.36. The van der Waals surface area contributed by atoms with Crippen molar-refractivity contribution >= 4 is 40.4 Å². The Morgan fingerprint density at radius 1 is 0.857 bits per heavy atom. The number of thioether (sulfide) groups is 1. The molecule has 0 aliphatic carbocycles. The number of rotatable bonds is 5. The topological polar surface area (TPSA) is 23.6 Å². The fourth-order valence-electron chi connectivity index (χ4n) is 3.27. The van der Waals surface area contributed by atoms with Gasteiger partial charge in [0.1, 0.15) is 0 Å². The van der Waals surface area contributed by atoms with Crippen LogP contribution in [0.4, 0.5) is 0 Å². The van der Waals surface area contributed by atoms with Crippen molar-refractivity contribution in [2.24, 2.45) is 0 Å². The van der Waals surface area contributed by atoms with Crippen LogP contribution in [0.3, 0.4) is 0 Å². The first-order chi connectivity index (χ1) is 13.7. The fourth-order valence-corrected chi connectivity index (χ4v) is 5.03. The molecule has 3 aromatic carbocycles. The number of carbonyl (C=O) groups is 1. The van der Waals surface area contributed by atoms with E-state index in [1.807, 2.05) is 4.90 Å². The number of carbonyl (C=O) groups excluding carboxylic acids is 1. The summed E-state index contributed by atoms with van der Waals surface area (Å²) in [5.41, 5.74) is 1.25. The third kappa shape index (κ3) is 4.90. The second-order valence-corrected chi connectivity index (χ2v) is 9.23. The summed E-state index contributed by atoms with van der Waals surface area (Å²) in [5, 5.41) is 2.54. The third-order valence-electron chi connectivity index (χ3n) is 4.93. The summed E-state index contributed by atoms with van der Waals surface area (Å²) in [6.45, 7) is 5.48. The highest BCUT2D eigenvalue weighted by Crippen LogP contribution is 2.27. The second kappa shape index (κ2) is 9.03. The first-order valence-corrected chi connectivity index (χ1v) is 11.3. The van der Waals surface area contributed by atoms with Crippen LogP contribution in [0.25, 0.3) is 10.8 Å². The average molecular weight is 409 g/mol. The number of piperazine rings is 1. The summed E-state index contributed by atoms with van der Waals surface area (Å²) in [6.07, 6.45) is 0. The standard InChI is InChI=1S/C23H24N2OS2/c1-18-6-9-21(10-7-18)27-17-23(26)24-12-14-25(15-13-24)28-22-11-8-19-4-2-3-5-20(19)16-22/h2-11,16H,12-15,17H2,1H3. The Morgan fingerprint density at radius 2 is 1.54 bits per heavy atom. The molecule has 0 atom stereocenters. The number of fused-ring (bicyclic) bond motifs is 1. The molecular formula is C23H24N2OS2. The molecule has 0 bridgehead atoms. The van der Waals surface area contributed by atoms with Gasteiger partial charge in [0, 0.05) is 36.0 Å². The lowest BCUT2D eigenvalue weighted by Crippen LogP contribution is -2.46. The molecule has 0 aromatic heterocycles. The van der Waals surface area contributed by atoms with E-state index in [0.717, 1.165) is 31.1 Å². The molecule has 1 aliphatic rings. The van der Waals surface area contributed by atoms with Gasteiger partial charge in [-0.05, 0) is 53.9 Å². The van der Waals surface area contributed by atoms with E-state index >= 15 is 0 Å². The van der Waals surface area contributed by atoms with Crippen LogP contribution in [-0.2, 0) is 4.79 Å². The normalized spacial score (nSPS) is 15.1. The van der Waals surface area contributed by atoms with Crippen LogP contribution in [0.2, 0.25) is 0 Å². The van der Waals surface area contributed by atoms with E-state index in [9.17, 15) is 4.79 Å². The van der Waals surface area contributed by atoms with Crippen LogP contribution in [0.5, 0.6) is 0 Å². The molecule has 1 aliphatic heterocycles. The second-order valence-electron chi connectivity index (χ2n) is 7.01. The van der Waals surface area contributed by atoms with Crippen LogP contribution >= 0.6 is 23.7 Å². The lowest BCUT2D eigenvalue weighted by molar-refractivity contribution is -0.129. The van der Waals surface area contributed by atoms with Gasteiger partial charge in [0.2, 0.25) is 5.91 Å². The highest BCUT2D eigenvalue weighted by molar-refractivity contribution is 8.00. The predicted molar refractivity (Wildman–Crippen MR) is 120 cm³/mol. The third-order valence-corrected chi connectivity index (χ3v) is 7.01. The number of hydrogen-bond acceptors (Lipinski definition) is 4. The van der Waals surface area contributed by atoms with Crippen molar-refractivity contribution in [2.75, 3.05) is 31.9 Å². The zero-order valence-electron chi connectivity index (χ0n) is 16.0. The average Bonchev–Trinajstić information content (AvgIpc) is 2.73. The van der Waals surface area contributed by atoms with Crippen molar-refractivity contribution in [2.45, 2.75) is 16.7 Å². The fraction of sp³-hybridized carbons (Fsp3) is 0.261. The molecule has 0 radical (unpaired) electrons. The zero-order valence-corrected chi connectivity index (χ0v) is 17.6. The van der Waals surface area contributed by atoms with Gasteiger partial charge >= 0.3 is 0 Å². The minimum atomic E-state index is 0.237. The summed E-state index contributed by atoms with van der Waals surface area (Å²) in [4.78, 5) is 16.9. The molecule has 0 N–H and O–H groups in total. The van der Waals surface area contributed by atoms with Gasteiger partial charge < -0.3 is 4.90 Å². The number of aryl methyl sites for hydroxylation is 1. The Kier molecular flexibility index (Phi) is 6.25. The van der Waals surface area contributed by atoms with E-state index < -0.39 is 0 Å². The Labute approximate surface area is 175 Å². The molecule has 1 fully saturated rings. The van der Waals surface area contributed by atoms with E-state index in [1.54, 1.807) is 23.7 Å². The minimum absolute atomic E-state index is 0.237. The molecule has 28 heavy (non-hydrogen) atoms. The van der Waals surface area contributed by atoms with E-state index in [-0.39, 0.29) is 5.91 Å². The van der Waals surface area contributed by atoms with Gasteiger partial charge in [0.05, 0.1) is 5.75 Å². The number of hydrogen-bond donors (Lipinski definition) is 0. The van der Waals surface area contributed by atoms with Crippen molar-refractivity contribution < 1.29 is 4.79 Å². The highest BCUT2D eigenvalue weighted by atomic mass is 32.2. The molecule has 5 heteroatoms. The minimum Gasteiger partial charge on any atom is -0.339 e. The summed E-state index contributed by atoms with van der Waals surface area (Å²) in [7, 11) is 0. The summed E-state index contributed by atoms with van der Waals surface area (Å²) >= 11 is 3.42. The Morgan fingerprint density at radius 3 is 2.29 bits per heavy atom. The van der Waals surface area contributed by atoms with Crippen LogP contribution < -0.4 is 0 Å². The van der Waals surface area contributed by atoms with Gasteiger partial charge in [-0.15, -0.1) is 11.8 Å². The Hall–Kier alpha value is -1.95. The Balaban J connectivity index is 1.26. The van der Waals surface area contributed by atoms with Crippen molar-refractivity contribution in [3.05, 3.63) is 72.3 Å². The predicted octanol–water partition coefficient (Wildman–Crippen LogP) is 5.09. The first-order valence-electron chi connectivity index (χ1n) is 9.56. The molecule has 3 aromatic rings. The lowest BCUT2D eigenvalue weighted by Gasteiger charge is -2.33. The monoisotopic (exact) mass is 408 g/mol. The zero-order chi connectivity index (χ0) is 19.3. The number of benzene rings is 3. The molecule has 1 amide bonds. The molecule has 0 unspecified atom stereocenters. The first kappa shape index (κ1) is 19.4. The van der Waals surface area contributed by atoms with Gasteiger partial charge in [-0.1, -0.05) is 48.0 Å². The maximum Gasteiger partial charge on any atom is 0.233 e. The van der Waals surface area contributed by atoms with Gasteiger partial charge in [0.25, 0.3) is 0 Å². The van der Waals surface area contributed by atoms with Gasteiger partial charge in [-0.2, -0.15) is 0 Å². The van der Waals surface area contributed by atoms with Crippen LogP contribution in [0.15, 0.2) is 76.5 Å². The Bertz CT molecular complexity index is 950. The van der Waals surface area contributed by atoms with Crippen molar-refractivity contribution in [1.82, 2.24) is 9.21 Å². The quantitative estimate of drug-likeness (QED) is 0.433. The molecule has 0 saturated carbocycles. The van der Waals surface area contributed by atoms with E-state index in [0.29, 0.717) is 5.75 Å².